The Morgan fingerprint density at radius 3 is 2.44 bits per heavy atom. The Labute approximate surface area is 110 Å². The number of aromatic nitrogens is 2. The van der Waals surface area contributed by atoms with Gasteiger partial charge in [0.2, 0.25) is 14.9 Å². The number of halogens is 1. The first-order chi connectivity index (χ1) is 8.22. The van der Waals surface area contributed by atoms with E-state index in [0.717, 1.165) is 4.68 Å². The monoisotopic (exact) mass is 295 g/mol. The fourth-order valence-corrected chi connectivity index (χ4v) is 3.63. The van der Waals surface area contributed by atoms with Crippen LogP contribution in [0.3, 0.4) is 0 Å². The van der Waals surface area contributed by atoms with E-state index in [-0.39, 0.29) is 28.4 Å². The number of sulfone groups is 1. The average Bonchev–Trinajstić information content (AvgIpc) is 2.56. The van der Waals surface area contributed by atoms with Crippen molar-refractivity contribution in [3.05, 3.63) is 15.8 Å². The van der Waals surface area contributed by atoms with Gasteiger partial charge in [-0.3, -0.25) is 10.1 Å². The van der Waals surface area contributed by atoms with Crippen LogP contribution in [0.1, 0.15) is 25.6 Å². The summed E-state index contributed by atoms with van der Waals surface area (Å²) in [4.78, 5) is 10.3. The second-order valence-electron chi connectivity index (χ2n) is 4.04. The van der Waals surface area contributed by atoms with E-state index in [9.17, 15) is 18.5 Å². The fraction of sp³-hybridized carbons (Fsp3) is 0.667. The molecule has 0 spiro atoms. The van der Waals surface area contributed by atoms with Crippen LogP contribution in [-0.2, 0) is 9.84 Å². The highest BCUT2D eigenvalue weighted by molar-refractivity contribution is 7.91. The van der Waals surface area contributed by atoms with Gasteiger partial charge in [-0.1, -0.05) is 0 Å². The van der Waals surface area contributed by atoms with E-state index in [1.54, 1.807) is 13.8 Å². The topological polar surface area (TPSA) is 95.1 Å². The molecule has 1 heterocycles. The van der Waals surface area contributed by atoms with Crippen molar-refractivity contribution in [3.8, 4) is 0 Å². The first-order valence-electron chi connectivity index (χ1n) is 5.24. The van der Waals surface area contributed by atoms with Gasteiger partial charge < -0.3 is 0 Å². The molecule has 0 N–H and O–H groups in total. The minimum atomic E-state index is -3.81. The molecular formula is C9H14ClN3O4S. The van der Waals surface area contributed by atoms with E-state index >= 15 is 0 Å². The molecule has 1 aromatic rings. The molecule has 102 valence electrons. The highest BCUT2D eigenvalue weighted by Gasteiger charge is 2.35. The van der Waals surface area contributed by atoms with Gasteiger partial charge in [-0.05, 0) is 20.8 Å². The number of aryl methyl sites for hydroxylation is 1. The molecule has 0 unspecified atom stereocenters. The first-order valence-corrected chi connectivity index (χ1v) is 7.43. The quantitative estimate of drug-likeness (QED) is 0.468. The molecule has 0 radical (unpaired) electrons. The summed E-state index contributed by atoms with van der Waals surface area (Å²) < 4.78 is 25.3. The van der Waals surface area contributed by atoms with Gasteiger partial charge in [0.15, 0.2) is 0 Å². The number of nitrogens with zero attached hydrogens (tertiary/aromatic N) is 3. The van der Waals surface area contributed by atoms with E-state index in [4.69, 9.17) is 11.6 Å². The molecule has 0 aliphatic carbocycles. The third kappa shape index (κ3) is 2.64. The lowest BCUT2D eigenvalue weighted by Crippen LogP contribution is -2.17. The molecule has 0 aliphatic rings. The number of rotatable bonds is 5. The molecule has 0 saturated heterocycles. The van der Waals surface area contributed by atoms with Gasteiger partial charge in [-0.15, -0.1) is 11.6 Å². The molecule has 0 amide bonds. The summed E-state index contributed by atoms with van der Waals surface area (Å²) in [5.74, 6) is -0.477. The van der Waals surface area contributed by atoms with Crippen LogP contribution in [0, 0.1) is 17.0 Å². The molecule has 7 nitrogen and oxygen atoms in total. The van der Waals surface area contributed by atoms with Crippen molar-refractivity contribution in [1.29, 1.82) is 0 Å². The molecule has 0 fully saturated rings. The molecule has 0 aromatic carbocycles. The molecule has 0 atom stereocenters. The maximum atomic E-state index is 12.0. The Bertz CT molecular complexity index is 565. The molecular weight excluding hydrogens is 282 g/mol. The summed E-state index contributed by atoms with van der Waals surface area (Å²) in [5.41, 5.74) is -0.379. The van der Waals surface area contributed by atoms with Crippen LogP contribution in [-0.4, -0.2) is 34.8 Å². The van der Waals surface area contributed by atoms with Crippen molar-refractivity contribution in [1.82, 2.24) is 9.78 Å². The summed E-state index contributed by atoms with van der Waals surface area (Å²) in [6.45, 7) is 4.82. The summed E-state index contributed by atoms with van der Waals surface area (Å²) in [5, 5.41) is 14.6. The van der Waals surface area contributed by atoms with Crippen molar-refractivity contribution in [2.45, 2.75) is 31.8 Å². The molecule has 0 bridgehead atoms. The van der Waals surface area contributed by atoms with Crippen LogP contribution >= 0.6 is 11.6 Å². The Kier molecular flexibility index (Phi) is 4.33. The van der Waals surface area contributed by atoms with Crippen LogP contribution < -0.4 is 0 Å². The third-order valence-electron chi connectivity index (χ3n) is 2.32. The van der Waals surface area contributed by atoms with E-state index in [1.165, 1.54) is 6.92 Å². The number of nitro groups is 1. The van der Waals surface area contributed by atoms with Gasteiger partial charge in [0.1, 0.15) is 5.69 Å². The Balaban J connectivity index is 3.62. The number of hydrogen-bond donors (Lipinski definition) is 0. The zero-order chi connectivity index (χ0) is 14.1. The maximum absolute atomic E-state index is 12.0. The van der Waals surface area contributed by atoms with Crippen molar-refractivity contribution in [2.75, 3.05) is 11.6 Å². The Morgan fingerprint density at radius 1 is 1.50 bits per heavy atom. The van der Waals surface area contributed by atoms with Gasteiger partial charge >= 0.3 is 5.69 Å². The minimum Gasteiger partial charge on any atom is -0.258 e. The van der Waals surface area contributed by atoms with Crippen LogP contribution in [0.25, 0.3) is 0 Å². The van der Waals surface area contributed by atoms with E-state index in [1.807, 2.05) is 0 Å². The first kappa shape index (κ1) is 14.9. The largest absolute Gasteiger partial charge is 0.328 e. The van der Waals surface area contributed by atoms with Crippen LogP contribution in [0.15, 0.2) is 5.03 Å². The summed E-state index contributed by atoms with van der Waals surface area (Å²) in [6, 6.07) is -0.294. The lowest BCUT2D eigenvalue weighted by Gasteiger charge is -2.09. The lowest BCUT2D eigenvalue weighted by atomic mass is 10.4. The predicted molar refractivity (Wildman–Crippen MR) is 66.8 cm³/mol. The van der Waals surface area contributed by atoms with Crippen LogP contribution in [0.5, 0.6) is 0 Å². The maximum Gasteiger partial charge on any atom is 0.328 e. The highest BCUT2D eigenvalue weighted by atomic mass is 35.5. The standard InChI is InChI=1S/C9H14ClN3O4S/c1-6(2)12-9(18(16,17)5-4-10)8(13(14)15)7(3)11-12/h6H,4-5H2,1-3H3. The third-order valence-corrected chi connectivity index (χ3v) is 4.45. The molecule has 18 heavy (non-hydrogen) atoms. The second kappa shape index (κ2) is 5.23. The molecule has 0 aliphatic heterocycles. The normalized spacial score (nSPS) is 12.1. The van der Waals surface area contributed by atoms with Gasteiger partial charge in [-0.2, -0.15) is 5.10 Å². The van der Waals surface area contributed by atoms with Crippen molar-refractivity contribution >= 4 is 27.1 Å². The smallest absolute Gasteiger partial charge is 0.258 e. The van der Waals surface area contributed by atoms with Gasteiger partial charge in [-0.25, -0.2) is 13.1 Å². The summed E-state index contributed by atoms with van der Waals surface area (Å²) in [7, 11) is -3.81. The molecule has 1 rings (SSSR count). The van der Waals surface area contributed by atoms with Gasteiger partial charge in [0, 0.05) is 11.9 Å². The van der Waals surface area contributed by atoms with E-state index < -0.39 is 20.4 Å². The highest BCUT2D eigenvalue weighted by Crippen LogP contribution is 2.30. The molecule has 9 heteroatoms. The van der Waals surface area contributed by atoms with Crippen LogP contribution in [0.2, 0.25) is 0 Å². The predicted octanol–water partition coefficient (Wildman–Crippen LogP) is 1.69. The van der Waals surface area contributed by atoms with Crippen LogP contribution in [0.4, 0.5) is 5.69 Å². The summed E-state index contributed by atoms with van der Waals surface area (Å²) in [6.07, 6.45) is 0. The Morgan fingerprint density at radius 2 is 2.06 bits per heavy atom. The summed E-state index contributed by atoms with van der Waals surface area (Å²) >= 11 is 5.43. The van der Waals surface area contributed by atoms with Crippen molar-refractivity contribution in [3.63, 3.8) is 0 Å². The van der Waals surface area contributed by atoms with E-state index in [0.29, 0.717) is 0 Å². The fourth-order valence-electron chi connectivity index (χ4n) is 1.57. The van der Waals surface area contributed by atoms with Gasteiger partial charge in [0.25, 0.3) is 0 Å². The minimum absolute atomic E-state index is 0.0850. The molecule has 1 aromatic heterocycles. The van der Waals surface area contributed by atoms with Gasteiger partial charge in [0.05, 0.1) is 10.7 Å². The number of hydrogen-bond acceptors (Lipinski definition) is 5. The van der Waals surface area contributed by atoms with E-state index in [2.05, 4.69) is 5.10 Å². The molecule has 0 saturated carbocycles. The zero-order valence-corrected chi connectivity index (χ0v) is 11.8. The number of alkyl halides is 1. The average molecular weight is 296 g/mol. The second-order valence-corrected chi connectivity index (χ2v) is 6.44. The van der Waals surface area contributed by atoms with Crippen molar-refractivity contribution < 1.29 is 13.3 Å². The zero-order valence-electron chi connectivity index (χ0n) is 10.3. The SMILES string of the molecule is Cc1nn(C(C)C)c(S(=O)(=O)CCCl)c1[N+](=O)[O-]. The van der Waals surface area contributed by atoms with Crippen molar-refractivity contribution in [2.24, 2.45) is 0 Å². The Hall–Kier alpha value is -1.15. The lowest BCUT2D eigenvalue weighted by molar-refractivity contribution is -0.388.